The van der Waals surface area contributed by atoms with Gasteiger partial charge in [-0.05, 0) is 49.4 Å². The summed E-state index contributed by atoms with van der Waals surface area (Å²) >= 11 is 0. The van der Waals surface area contributed by atoms with Crippen molar-refractivity contribution in [2.75, 3.05) is 13.7 Å². The average molecular weight is 341 g/mol. The number of rotatable bonds is 4. The number of carbonyl (C=O) groups is 2. The van der Waals surface area contributed by atoms with E-state index in [2.05, 4.69) is 11.1 Å². The summed E-state index contributed by atoms with van der Waals surface area (Å²) in [6, 6.07) is 7.44. The summed E-state index contributed by atoms with van der Waals surface area (Å²) in [6.45, 7) is 1.99. The Bertz CT molecular complexity index is 794. The molecule has 0 aliphatic heterocycles. The second-order valence-corrected chi connectivity index (χ2v) is 6.38. The van der Waals surface area contributed by atoms with Crippen LogP contribution in [0.4, 0.5) is 0 Å². The monoisotopic (exact) mass is 341 g/mol. The number of hydrogen-bond donors (Lipinski definition) is 0. The highest BCUT2D eigenvalue weighted by Crippen LogP contribution is 2.34. The highest BCUT2D eigenvalue weighted by atomic mass is 16.5. The maximum Gasteiger partial charge on any atom is 0.356 e. The first kappa shape index (κ1) is 17.4. The minimum Gasteiger partial charge on any atom is -0.465 e. The smallest absolute Gasteiger partial charge is 0.356 e. The number of benzene rings is 1. The van der Waals surface area contributed by atoms with E-state index in [9.17, 15) is 9.59 Å². The molecule has 0 amide bonds. The molecule has 25 heavy (non-hydrogen) atoms. The second-order valence-electron chi connectivity index (χ2n) is 6.38. The van der Waals surface area contributed by atoms with Crippen LogP contribution in [0.3, 0.4) is 0 Å². The second kappa shape index (κ2) is 7.64. The molecule has 1 aliphatic rings. The van der Waals surface area contributed by atoms with Crippen molar-refractivity contribution in [3.05, 3.63) is 41.1 Å². The number of carbonyl (C=O) groups excluding carboxylic acids is 2. The highest BCUT2D eigenvalue weighted by Gasteiger charge is 2.20. The molecular formula is C20H23NO4. The Balaban J connectivity index is 2.09. The zero-order chi connectivity index (χ0) is 17.8. The van der Waals surface area contributed by atoms with Crippen LogP contribution in [0, 0.1) is 0 Å². The van der Waals surface area contributed by atoms with Gasteiger partial charge in [-0.1, -0.05) is 25.3 Å². The third-order valence-corrected chi connectivity index (χ3v) is 4.80. The van der Waals surface area contributed by atoms with Gasteiger partial charge in [0.25, 0.3) is 0 Å². The molecule has 0 radical (unpaired) electrons. The number of pyridine rings is 1. The number of methoxy groups -OCH3 is 1. The van der Waals surface area contributed by atoms with Crippen molar-refractivity contribution >= 4 is 22.8 Å². The van der Waals surface area contributed by atoms with Crippen molar-refractivity contribution in [1.29, 1.82) is 0 Å². The lowest BCUT2D eigenvalue weighted by Gasteiger charge is -2.22. The van der Waals surface area contributed by atoms with Gasteiger partial charge in [0.05, 0.1) is 24.8 Å². The molecule has 1 saturated carbocycles. The Hall–Kier alpha value is -2.43. The minimum atomic E-state index is -0.536. The predicted molar refractivity (Wildman–Crippen MR) is 94.9 cm³/mol. The molecule has 0 unspecified atom stereocenters. The van der Waals surface area contributed by atoms with Gasteiger partial charge in [-0.15, -0.1) is 0 Å². The van der Waals surface area contributed by atoms with Gasteiger partial charge < -0.3 is 9.47 Å². The largest absolute Gasteiger partial charge is 0.465 e. The predicted octanol–water partition coefficient (Wildman–Crippen LogP) is 4.25. The van der Waals surface area contributed by atoms with Gasteiger partial charge in [0.15, 0.2) is 0 Å². The molecule has 2 aromatic rings. The molecule has 1 fully saturated rings. The third kappa shape index (κ3) is 3.65. The summed E-state index contributed by atoms with van der Waals surface area (Å²) in [6.07, 6.45) is 6.13. The Kier molecular flexibility index (Phi) is 5.31. The molecule has 5 nitrogen and oxygen atoms in total. The Morgan fingerprint density at radius 1 is 1.12 bits per heavy atom. The van der Waals surface area contributed by atoms with Gasteiger partial charge in [-0.25, -0.2) is 14.6 Å². The van der Waals surface area contributed by atoms with Crippen LogP contribution in [-0.4, -0.2) is 30.6 Å². The summed E-state index contributed by atoms with van der Waals surface area (Å²) in [5, 5.41) is 0.725. The van der Waals surface area contributed by atoms with Crippen LogP contribution in [0.2, 0.25) is 0 Å². The van der Waals surface area contributed by atoms with Crippen molar-refractivity contribution in [1.82, 2.24) is 4.98 Å². The van der Waals surface area contributed by atoms with Crippen molar-refractivity contribution in [2.45, 2.75) is 44.9 Å². The van der Waals surface area contributed by atoms with E-state index in [1.807, 2.05) is 12.1 Å². The minimum absolute atomic E-state index is 0.125. The number of fused-ring (bicyclic) bond motifs is 1. The zero-order valence-electron chi connectivity index (χ0n) is 14.7. The van der Waals surface area contributed by atoms with Crippen LogP contribution >= 0.6 is 0 Å². The molecule has 0 saturated heterocycles. The molecule has 1 aromatic carbocycles. The Morgan fingerprint density at radius 2 is 1.88 bits per heavy atom. The average Bonchev–Trinajstić information content (AvgIpc) is 2.67. The van der Waals surface area contributed by atoms with E-state index in [-0.39, 0.29) is 12.3 Å². The zero-order valence-corrected chi connectivity index (χ0v) is 14.7. The van der Waals surface area contributed by atoms with Crippen LogP contribution in [0.25, 0.3) is 10.9 Å². The van der Waals surface area contributed by atoms with Crippen LogP contribution in [-0.2, 0) is 9.47 Å². The lowest BCUT2D eigenvalue weighted by molar-refractivity contribution is 0.0520. The van der Waals surface area contributed by atoms with E-state index < -0.39 is 11.9 Å². The summed E-state index contributed by atoms with van der Waals surface area (Å²) in [5.41, 5.74) is 2.31. The number of aromatic nitrogens is 1. The quantitative estimate of drug-likeness (QED) is 0.778. The van der Waals surface area contributed by atoms with Crippen LogP contribution in [0.15, 0.2) is 24.3 Å². The van der Waals surface area contributed by atoms with Gasteiger partial charge in [-0.2, -0.15) is 0 Å². The highest BCUT2D eigenvalue weighted by molar-refractivity contribution is 6.06. The molecule has 0 atom stereocenters. The van der Waals surface area contributed by atoms with Crippen molar-refractivity contribution in [3.63, 3.8) is 0 Å². The fraction of sp³-hybridized carbons (Fsp3) is 0.450. The van der Waals surface area contributed by atoms with E-state index in [0.29, 0.717) is 17.0 Å². The van der Waals surface area contributed by atoms with E-state index in [1.54, 1.807) is 6.92 Å². The Morgan fingerprint density at radius 3 is 2.56 bits per heavy atom. The summed E-state index contributed by atoms with van der Waals surface area (Å²) in [5.74, 6) is -0.488. The van der Waals surface area contributed by atoms with Crippen LogP contribution < -0.4 is 0 Å². The van der Waals surface area contributed by atoms with Gasteiger partial charge in [0, 0.05) is 5.39 Å². The number of esters is 2. The SMILES string of the molecule is CCOC(=O)c1cc(C(=O)OC)c2cc(C3CCCCC3)ccc2n1. The van der Waals surface area contributed by atoms with E-state index >= 15 is 0 Å². The summed E-state index contributed by atoms with van der Waals surface area (Å²) < 4.78 is 9.92. The lowest BCUT2D eigenvalue weighted by Crippen LogP contribution is -2.11. The van der Waals surface area contributed by atoms with Crippen LogP contribution in [0.1, 0.15) is 71.4 Å². The lowest BCUT2D eigenvalue weighted by atomic mass is 9.83. The summed E-state index contributed by atoms with van der Waals surface area (Å²) in [4.78, 5) is 28.6. The fourth-order valence-electron chi connectivity index (χ4n) is 3.52. The van der Waals surface area contributed by atoms with E-state index in [0.717, 1.165) is 5.39 Å². The number of nitrogens with zero attached hydrogens (tertiary/aromatic N) is 1. The van der Waals surface area contributed by atoms with E-state index in [4.69, 9.17) is 9.47 Å². The normalized spacial score (nSPS) is 15.1. The molecule has 1 aliphatic carbocycles. The molecule has 0 N–H and O–H groups in total. The molecule has 5 heteroatoms. The van der Waals surface area contributed by atoms with Crippen LogP contribution in [0.5, 0.6) is 0 Å². The number of hydrogen-bond acceptors (Lipinski definition) is 5. The topological polar surface area (TPSA) is 65.5 Å². The molecule has 132 valence electrons. The molecular weight excluding hydrogens is 318 g/mol. The molecule has 1 aromatic heterocycles. The molecule has 0 spiro atoms. The first-order chi connectivity index (χ1) is 12.1. The first-order valence-corrected chi connectivity index (χ1v) is 8.84. The van der Waals surface area contributed by atoms with Crippen molar-refractivity contribution in [3.8, 4) is 0 Å². The van der Waals surface area contributed by atoms with Crippen molar-refractivity contribution in [2.24, 2.45) is 0 Å². The van der Waals surface area contributed by atoms with Gasteiger partial charge >= 0.3 is 11.9 Å². The summed E-state index contributed by atoms with van der Waals surface area (Å²) in [7, 11) is 1.34. The van der Waals surface area contributed by atoms with E-state index in [1.165, 1.54) is 50.8 Å². The molecule has 3 rings (SSSR count). The maximum absolute atomic E-state index is 12.2. The first-order valence-electron chi connectivity index (χ1n) is 8.84. The molecule has 0 bridgehead atoms. The van der Waals surface area contributed by atoms with Gasteiger partial charge in [0.1, 0.15) is 5.69 Å². The fourth-order valence-corrected chi connectivity index (χ4v) is 3.52. The Labute approximate surface area is 147 Å². The molecule has 1 heterocycles. The van der Waals surface area contributed by atoms with Gasteiger partial charge in [-0.3, -0.25) is 0 Å². The standard InChI is InChI=1S/C20H23NO4/c1-3-25-20(23)18-12-16(19(22)24-2)15-11-14(9-10-17(15)21-18)13-7-5-4-6-8-13/h9-13H,3-8H2,1-2H3. The van der Waals surface area contributed by atoms with Gasteiger partial charge in [0.2, 0.25) is 0 Å². The third-order valence-electron chi connectivity index (χ3n) is 4.80. The maximum atomic E-state index is 12.2. The number of ether oxygens (including phenoxy) is 2. The van der Waals surface area contributed by atoms with Crippen molar-refractivity contribution < 1.29 is 19.1 Å².